The molecule has 0 saturated carbocycles. The number of nitrogens with one attached hydrogen (secondary N) is 1. The molecule has 0 fully saturated rings. The molecule has 1 N–H and O–H groups in total. The average Bonchev–Trinajstić information content (AvgIpc) is 2.32. The second kappa shape index (κ2) is 6.38. The van der Waals surface area contributed by atoms with Gasteiger partial charge in [-0.1, -0.05) is 0 Å². The lowest BCUT2D eigenvalue weighted by atomic mass is 10.1. The van der Waals surface area contributed by atoms with Crippen molar-refractivity contribution in [3.05, 3.63) is 27.7 Å². The van der Waals surface area contributed by atoms with Crippen LogP contribution in [-0.2, 0) is 9.47 Å². The Balaban J connectivity index is 3.27. The first kappa shape index (κ1) is 17.4. The van der Waals surface area contributed by atoms with Gasteiger partial charge in [-0.05, 0) is 42.8 Å². The second-order valence-corrected chi connectivity index (χ2v) is 5.88. The van der Waals surface area contributed by atoms with Crippen LogP contribution in [0.2, 0.25) is 0 Å². The van der Waals surface area contributed by atoms with Gasteiger partial charge in [0.2, 0.25) is 0 Å². The molecule has 0 bridgehead atoms. The molecule has 1 rings (SSSR count). The van der Waals surface area contributed by atoms with E-state index in [9.17, 15) is 18.4 Å². The maximum Gasteiger partial charge on any atom is 0.412 e. The molecular formula is C13H14BrF2NO4. The molecule has 116 valence electrons. The summed E-state index contributed by atoms with van der Waals surface area (Å²) in [5, 5.41) is 2.03. The van der Waals surface area contributed by atoms with Crippen molar-refractivity contribution in [2.75, 3.05) is 12.4 Å². The summed E-state index contributed by atoms with van der Waals surface area (Å²) in [5.41, 5.74) is -2.21. The number of benzene rings is 1. The third kappa shape index (κ3) is 4.38. The standard InChI is InChI=1S/C13H14BrF2NO4/c1-13(2,3)21-12(19)17-10-8(11(18)20-4)7(15)5-6(14)9(10)16/h5H,1-4H3,(H,17,19). The summed E-state index contributed by atoms with van der Waals surface area (Å²) in [7, 11) is 1.01. The Hall–Kier alpha value is -1.70. The first-order chi connectivity index (χ1) is 9.56. The lowest BCUT2D eigenvalue weighted by molar-refractivity contribution is 0.0596. The maximum absolute atomic E-state index is 14.0. The maximum atomic E-state index is 14.0. The highest BCUT2D eigenvalue weighted by molar-refractivity contribution is 9.10. The Morgan fingerprint density at radius 2 is 1.86 bits per heavy atom. The number of methoxy groups -OCH3 is 1. The predicted molar refractivity (Wildman–Crippen MR) is 75.3 cm³/mol. The molecule has 0 atom stereocenters. The SMILES string of the molecule is COC(=O)c1c(F)cc(Br)c(F)c1NC(=O)OC(C)(C)C. The number of carbonyl (C=O) groups is 2. The zero-order valence-corrected chi connectivity index (χ0v) is 13.4. The number of amides is 1. The Bertz CT molecular complexity index is 585. The molecule has 0 unspecified atom stereocenters. The largest absolute Gasteiger partial charge is 0.465 e. The van der Waals surface area contributed by atoms with Crippen molar-refractivity contribution in [2.24, 2.45) is 0 Å². The second-order valence-electron chi connectivity index (χ2n) is 5.02. The van der Waals surface area contributed by atoms with Crippen molar-refractivity contribution in [1.82, 2.24) is 0 Å². The van der Waals surface area contributed by atoms with Crippen molar-refractivity contribution < 1.29 is 27.8 Å². The summed E-state index contributed by atoms with van der Waals surface area (Å²) >= 11 is 2.79. The highest BCUT2D eigenvalue weighted by atomic mass is 79.9. The van der Waals surface area contributed by atoms with Crippen molar-refractivity contribution in [2.45, 2.75) is 26.4 Å². The van der Waals surface area contributed by atoms with E-state index in [2.05, 4.69) is 20.7 Å². The van der Waals surface area contributed by atoms with Gasteiger partial charge in [0, 0.05) is 0 Å². The molecule has 0 spiro atoms. The number of esters is 1. The number of ether oxygens (including phenoxy) is 2. The van der Waals surface area contributed by atoms with Crippen molar-refractivity contribution in [1.29, 1.82) is 0 Å². The fourth-order valence-corrected chi connectivity index (χ4v) is 1.82. The van der Waals surface area contributed by atoms with Gasteiger partial charge in [0.05, 0.1) is 17.3 Å². The molecule has 0 aliphatic carbocycles. The average molecular weight is 366 g/mol. The van der Waals surface area contributed by atoms with Gasteiger partial charge in [-0.15, -0.1) is 0 Å². The Morgan fingerprint density at radius 1 is 1.29 bits per heavy atom. The van der Waals surface area contributed by atoms with Crippen molar-refractivity contribution >= 4 is 33.7 Å². The first-order valence-corrected chi connectivity index (χ1v) is 6.62. The van der Waals surface area contributed by atoms with Gasteiger partial charge >= 0.3 is 12.1 Å². The molecule has 0 aliphatic heterocycles. The van der Waals surface area contributed by atoms with Crippen LogP contribution in [0.1, 0.15) is 31.1 Å². The van der Waals surface area contributed by atoms with Gasteiger partial charge in [0.25, 0.3) is 0 Å². The van der Waals surface area contributed by atoms with Gasteiger partial charge in [-0.2, -0.15) is 0 Å². The van der Waals surface area contributed by atoms with E-state index in [0.717, 1.165) is 13.2 Å². The van der Waals surface area contributed by atoms with Gasteiger partial charge in [-0.25, -0.2) is 18.4 Å². The minimum atomic E-state index is -1.12. The van der Waals surface area contributed by atoms with E-state index in [1.54, 1.807) is 20.8 Å². The summed E-state index contributed by atoms with van der Waals surface area (Å²) in [6, 6.07) is 0.766. The molecule has 0 radical (unpaired) electrons. The molecule has 1 amide bonds. The molecule has 5 nitrogen and oxygen atoms in total. The normalized spacial score (nSPS) is 11.0. The topological polar surface area (TPSA) is 64.6 Å². The fraction of sp³-hybridized carbons (Fsp3) is 0.385. The highest BCUT2D eigenvalue weighted by Crippen LogP contribution is 2.30. The van der Waals surface area contributed by atoms with Crippen LogP contribution in [0.15, 0.2) is 10.5 Å². The third-order valence-electron chi connectivity index (χ3n) is 2.19. The van der Waals surface area contributed by atoms with E-state index in [-0.39, 0.29) is 4.47 Å². The van der Waals surface area contributed by atoms with Crippen LogP contribution in [-0.4, -0.2) is 24.8 Å². The molecule has 0 heterocycles. The first-order valence-electron chi connectivity index (χ1n) is 5.82. The summed E-state index contributed by atoms with van der Waals surface area (Å²) in [5.74, 6) is -3.17. The summed E-state index contributed by atoms with van der Waals surface area (Å²) in [4.78, 5) is 23.2. The van der Waals surface area contributed by atoms with Crippen LogP contribution in [0.3, 0.4) is 0 Å². The number of halogens is 3. The Labute approximate surface area is 128 Å². The number of carbonyl (C=O) groups excluding carboxylic acids is 2. The van der Waals surface area contributed by atoms with Crippen LogP contribution in [0.5, 0.6) is 0 Å². The smallest absolute Gasteiger partial charge is 0.412 e. The fourth-order valence-electron chi connectivity index (χ4n) is 1.42. The quantitative estimate of drug-likeness (QED) is 0.638. The van der Waals surface area contributed by atoms with Gasteiger partial charge in [-0.3, -0.25) is 5.32 Å². The predicted octanol–water partition coefficient (Wildman–Crippen LogP) is 3.86. The minimum absolute atomic E-state index is 0.251. The van der Waals surface area contributed by atoms with E-state index in [1.165, 1.54) is 0 Å². The van der Waals surface area contributed by atoms with E-state index in [0.29, 0.717) is 0 Å². The third-order valence-corrected chi connectivity index (χ3v) is 2.76. The molecule has 0 saturated heterocycles. The van der Waals surface area contributed by atoms with Gasteiger partial charge in [0.15, 0.2) is 5.82 Å². The molecule has 0 aromatic heterocycles. The van der Waals surface area contributed by atoms with Crippen LogP contribution in [0.4, 0.5) is 19.3 Å². The molecule has 1 aromatic carbocycles. The zero-order chi connectivity index (χ0) is 16.4. The number of rotatable bonds is 2. The lowest BCUT2D eigenvalue weighted by Crippen LogP contribution is -2.28. The summed E-state index contributed by atoms with van der Waals surface area (Å²) in [6.45, 7) is 4.81. The van der Waals surface area contributed by atoms with Crippen LogP contribution >= 0.6 is 15.9 Å². The van der Waals surface area contributed by atoms with Crippen LogP contribution in [0.25, 0.3) is 0 Å². The molecular weight excluding hydrogens is 352 g/mol. The highest BCUT2D eigenvalue weighted by Gasteiger charge is 2.26. The monoisotopic (exact) mass is 365 g/mol. The van der Waals surface area contributed by atoms with Gasteiger partial charge < -0.3 is 9.47 Å². The summed E-state index contributed by atoms with van der Waals surface area (Å²) in [6.07, 6.45) is -1.02. The van der Waals surface area contributed by atoms with E-state index in [4.69, 9.17) is 4.74 Å². The van der Waals surface area contributed by atoms with Crippen LogP contribution < -0.4 is 5.32 Å². The number of anilines is 1. The molecule has 1 aromatic rings. The molecule has 8 heteroatoms. The van der Waals surface area contributed by atoms with Crippen molar-refractivity contribution in [3.8, 4) is 0 Å². The summed E-state index contributed by atoms with van der Waals surface area (Å²) < 4.78 is 36.9. The van der Waals surface area contributed by atoms with Gasteiger partial charge in [0.1, 0.15) is 17.0 Å². The molecule has 0 aliphatic rings. The van der Waals surface area contributed by atoms with E-state index in [1.807, 2.05) is 5.32 Å². The minimum Gasteiger partial charge on any atom is -0.465 e. The molecule has 21 heavy (non-hydrogen) atoms. The zero-order valence-electron chi connectivity index (χ0n) is 11.8. The van der Waals surface area contributed by atoms with E-state index >= 15 is 0 Å². The van der Waals surface area contributed by atoms with Crippen molar-refractivity contribution in [3.63, 3.8) is 0 Å². The van der Waals surface area contributed by atoms with Crippen LogP contribution in [0, 0.1) is 11.6 Å². The van der Waals surface area contributed by atoms with E-state index < -0.39 is 40.5 Å². The Kier molecular flexibility index (Phi) is 5.27. The number of hydrogen-bond donors (Lipinski definition) is 1. The Morgan fingerprint density at radius 3 is 2.33 bits per heavy atom. The number of hydrogen-bond acceptors (Lipinski definition) is 4. The lowest BCUT2D eigenvalue weighted by Gasteiger charge is -2.20.